The van der Waals surface area contributed by atoms with Gasteiger partial charge < -0.3 is 10.5 Å². The number of benzene rings is 1. The second-order valence-electron chi connectivity index (χ2n) is 7.24. The topological polar surface area (TPSA) is 38.5 Å². The summed E-state index contributed by atoms with van der Waals surface area (Å²) >= 11 is 0. The van der Waals surface area contributed by atoms with Crippen molar-refractivity contribution in [1.82, 2.24) is 4.90 Å². The van der Waals surface area contributed by atoms with Crippen LogP contribution in [-0.4, -0.2) is 41.8 Å². The fourth-order valence-corrected chi connectivity index (χ4v) is 3.39. The number of ether oxygens (including phenoxy) is 1. The molecule has 20 heavy (non-hydrogen) atoms. The lowest BCUT2D eigenvalue weighted by atomic mass is 9.97. The summed E-state index contributed by atoms with van der Waals surface area (Å²) in [6.07, 6.45) is 0.930. The molecule has 1 heterocycles. The molecule has 0 aliphatic carbocycles. The van der Waals surface area contributed by atoms with Crippen molar-refractivity contribution in [2.75, 3.05) is 19.6 Å². The van der Waals surface area contributed by atoms with E-state index >= 15 is 0 Å². The molecule has 0 saturated carbocycles. The Morgan fingerprint density at radius 2 is 1.65 bits per heavy atom. The predicted molar refractivity (Wildman–Crippen MR) is 83.8 cm³/mol. The van der Waals surface area contributed by atoms with Crippen LogP contribution in [0.5, 0.6) is 0 Å². The highest BCUT2D eigenvalue weighted by Crippen LogP contribution is 2.28. The second-order valence-corrected chi connectivity index (χ2v) is 7.24. The minimum atomic E-state index is -0.103. The number of morpholine rings is 1. The van der Waals surface area contributed by atoms with Crippen LogP contribution in [0.15, 0.2) is 30.3 Å². The van der Waals surface area contributed by atoms with Gasteiger partial charge in [-0.15, -0.1) is 0 Å². The summed E-state index contributed by atoms with van der Waals surface area (Å²) in [4.78, 5) is 2.44. The molecule has 2 rings (SSSR count). The predicted octanol–water partition coefficient (Wildman–Crippen LogP) is 2.45. The maximum atomic E-state index is 6.33. The third-order valence-electron chi connectivity index (χ3n) is 3.59. The summed E-state index contributed by atoms with van der Waals surface area (Å²) in [6.45, 7) is 11.4. The van der Waals surface area contributed by atoms with Gasteiger partial charge in [-0.05, 0) is 39.7 Å². The Balaban J connectivity index is 1.92. The van der Waals surface area contributed by atoms with Crippen molar-refractivity contribution in [2.45, 2.75) is 51.4 Å². The summed E-state index contributed by atoms with van der Waals surface area (Å²) in [5, 5.41) is 0. The molecule has 1 aliphatic rings. The summed E-state index contributed by atoms with van der Waals surface area (Å²) in [5.41, 5.74) is 7.44. The molecule has 1 saturated heterocycles. The number of nitrogens with zero attached hydrogens (tertiary/aromatic N) is 1. The van der Waals surface area contributed by atoms with E-state index in [9.17, 15) is 0 Å². The summed E-state index contributed by atoms with van der Waals surface area (Å²) in [6, 6.07) is 10.6. The fourth-order valence-electron chi connectivity index (χ4n) is 3.39. The molecule has 3 heteroatoms. The van der Waals surface area contributed by atoms with E-state index in [4.69, 9.17) is 10.5 Å². The van der Waals surface area contributed by atoms with Crippen molar-refractivity contribution in [2.24, 2.45) is 5.73 Å². The van der Waals surface area contributed by atoms with Gasteiger partial charge in [0.2, 0.25) is 0 Å². The molecule has 1 aliphatic heterocycles. The van der Waals surface area contributed by atoms with Gasteiger partial charge in [-0.25, -0.2) is 0 Å². The lowest BCUT2D eigenvalue weighted by molar-refractivity contribution is -0.180. The van der Waals surface area contributed by atoms with Crippen LogP contribution in [0, 0.1) is 0 Å². The van der Waals surface area contributed by atoms with E-state index in [0.717, 1.165) is 26.1 Å². The van der Waals surface area contributed by atoms with Crippen LogP contribution in [0.4, 0.5) is 0 Å². The van der Waals surface area contributed by atoms with Gasteiger partial charge in [-0.3, -0.25) is 4.90 Å². The molecule has 0 bridgehead atoms. The number of nitrogens with two attached hydrogens (primary N) is 1. The molecule has 1 aromatic rings. The molecule has 0 spiro atoms. The van der Waals surface area contributed by atoms with Gasteiger partial charge in [0.25, 0.3) is 0 Å². The van der Waals surface area contributed by atoms with Gasteiger partial charge in [0, 0.05) is 25.7 Å². The van der Waals surface area contributed by atoms with E-state index in [1.165, 1.54) is 5.56 Å². The largest absolute Gasteiger partial charge is 0.367 e. The average Bonchev–Trinajstić information content (AvgIpc) is 2.25. The quantitative estimate of drug-likeness (QED) is 0.918. The van der Waals surface area contributed by atoms with E-state index in [0.29, 0.717) is 0 Å². The highest BCUT2D eigenvalue weighted by atomic mass is 16.5. The minimum Gasteiger partial charge on any atom is -0.367 e. The average molecular weight is 276 g/mol. The van der Waals surface area contributed by atoms with Crippen LogP contribution in [-0.2, 0) is 11.2 Å². The number of hydrogen-bond acceptors (Lipinski definition) is 3. The molecule has 112 valence electrons. The molecule has 2 N–H and O–H groups in total. The Bertz CT molecular complexity index is 412. The monoisotopic (exact) mass is 276 g/mol. The fraction of sp³-hybridized carbons (Fsp3) is 0.647. The van der Waals surface area contributed by atoms with Crippen LogP contribution in [0.25, 0.3) is 0 Å². The Morgan fingerprint density at radius 3 is 2.20 bits per heavy atom. The van der Waals surface area contributed by atoms with E-state index in [2.05, 4.69) is 56.9 Å². The number of hydrogen-bond donors (Lipinski definition) is 1. The van der Waals surface area contributed by atoms with Crippen LogP contribution in [0.3, 0.4) is 0 Å². The van der Waals surface area contributed by atoms with Gasteiger partial charge in [0.1, 0.15) is 0 Å². The van der Waals surface area contributed by atoms with Gasteiger partial charge >= 0.3 is 0 Å². The third kappa shape index (κ3) is 4.58. The first kappa shape index (κ1) is 15.5. The first-order chi connectivity index (χ1) is 9.26. The standard InChI is InChI=1S/C17H28N2O/c1-16(2)12-19(13-17(3,4)20-16)11-15(18)10-14-8-6-5-7-9-14/h5-9,15H,10-13,18H2,1-4H3. The molecule has 3 nitrogen and oxygen atoms in total. The summed E-state index contributed by atoms with van der Waals surface area (Å²) < 4.78 is 6.11. The zero-order valence-electron chi connectivity index (χ0n) is 13.2. The van der Waals surface area contributed by atoms with E-state index in [1.807, 2.05) is 6.07 Å². The molecule has 1 fully saturated rings. The lowest BCUT2D eigenvalue weighted by Gasteiger charge is -2.47. The van der Waals surface area contributed by atoms with Gasteiger partial charge in [0.05, 0.1) is 11.2 Å². The van der Waals surface area contributed by atoms with Crippen molar-refractivity contribution in [3.8, 4) is 0 Å². The van der Waals surface area contributed by atoms with Gasteiger partial charge in [0.15, 0.2) is 0 Å². The van der Waals surface area contributed by atoms with Crippen molar-refractivity contribution < 1.29 is 4.74 Å². The minimum absolute atomic E-state index is 0.103. The first-order valence-corrected chi connectivity index (χ1v) is 7.48. The van der Waals surface area contributed by atoms with Crippen LogP contribution in [0.2, 0.25) is 0 Å². The molecule has 1 aromatic carbocycles. The van der Waals surface area contributed by atoms with Crippen molar-refractivity contribution in [3.63, 3.8) is 0 Å². The van der Waals surface area contributed by atoms with Gasteiger partial charge in [-0.2, -0.15) is 0 Å². The van der Waals surface area contributed by atoms with Crippen molar-refractivity contribution in [1.29, 1.82) is 0 Å². The smallest absolute Gasteiger partial charge is 0.0760 e. The second kappa shape index (κ2) is 5.84. The zero-order valence-corrected chi connectivity index (χ0v) is 13.2. The molecular formula is C17H28N2O. The van der Waals surface area contributed by atoms with Crippen molar-refractivity contribution >= 4 is 0 Å². The summed E-state index contributed by atoms with van der Waals surface area (Å²) in [5.74, 6) is 0. The Labute approximate surface area is 123 Å². The van der Waals surface area contributed by atoms with E-state index in [1.54, 1.807) is 0 Å². The van der Waals surface area contributed by atoms with Gasteiger partial charge in [-0.1, -0.05) is 30.3 Å². The van der Waals surface area contributed by atoms with Crippen LogP contribution < -0.4 is 5.73 Å². The molecule has 0 radical (unpaired) electrons. The molecule has 1 atom stereocenters. The molecule has 1 unspecified atom stereocenters. The normalized spacial score (nSPS) is 23.4. The third-order valence-corrected chi connectivity index (χ3v) is 3.59. The Kier molecular flexibility index (Phi) is 4.52. The molecule has 0 aromatic heterocycles. The SMILES string of the molecule is CC1(C)CN(CC(N)Cc2ccccc2)CC(C)(C)O1. The highest BCUT2D eigenvalue weighted by Gasteiger charge is 2.38. The highest BCUT2D eigenvalue weighted by molar-refractivity contribution is 5.15. The van der Waals surface area contributed by atoms with E-state index < -0.39 is 0 Å². The van der Waals surface area contributed by atoms with Crippen LogP contribution in [0.1, 0.15) is 33.3 Å². The van der Waals surface area contributed by atoms with Crippen LogP contribution >= 0.6 is 0 Å². The molecule has 0 amide bonds. The molecular weight excluding hydrogens is 248 g/mol. The Morgan fingerprint density at radius 1 is 1.10 bits per heavy atom. The van der Waals surface area contributed by atoms with Crippen molar-refractivity contribution in [3.05, 3.63) is 35.9 Å². The lowest BCUT2D eigenvalue weighted by Crippen LogP contribution is -2.59. The number of rotatable bonds is 4. The maximum Gasteiger partial charge on any atom is 0.0760 e. The van der Waals surface area contributed by atoms with E-state index in [-0.39, 0.29) is 17.2 Å². The Hall–Kier alpha value is -0.900. The first-order valence-electron chi connectivity index (χ1n) is 7.48. The zero-order chi connectivity index (χ0) is 14.8. The summed E-state index contributed by atoms with van der Waals surface area (Å²) in [7, 11) is 0. The maximum absolute atomic E-state index is 6.33.